The minimum absolute atomic E-state index is 0.764. The summed E-state index contributed by atoms with van der Waals surface area (Å²) in [6.45, 7) is 4.77. The van der Waals surface area contributed by atoms with Crippen LogP contribution in [-0.2, 0) is 6.42 Å². The van der Waals surface area contributed by atoms with E-state index in [0.717, 1.165) is 24.7 Å². The van der Waals surface area contributed by atoms with Crippen molar-refractivity contribution in [2.75, 3.05) is 27.7 Å². The topological polar surface area (TPSA) is 39.7 Å². The van der Waals surface area contributed by atoms with Crippen LogP contribution in [0, 0.1) is 0 Å². The lowest BCUT2D eigenvalue weighted by molar-refractivity contribution is 0.588. The van der Waals surface area contributed by atoms with Gasteiger partial charge in [0.05, 0.1) is 5.82 Å². The molecule has 0 bridgehead atoms. The predicted molar refractivity (Wildman–Crippen MR) is 77.5 cm³/mol. The molecule has 0 aliphatic heterocycles. The third kappa shape index (κ3) is 4.91. The van der Waals surface area contributed by atoms with Crippen molar-refractivity contribution in [2.24, 2.45) is 4.99 Å². The van der Waals surface area contributed by atoms with Crippen LogP contribution in [-0.4, -0.2) is 38.5 Å². The molecule has 1 aromatic carbocycles. The van der Waals surface area contributed by atoms with Gasteiger partial charge in [-0.1, -0.05) is 36.9 Å². The van der Waals surface area contributed by atoms with Crippen LogP contribution in [0.25, 0.3) is 0 Å². The Morgan fingerprint density at radius 1 is 1.28 bits per heavy atom. The summed E-state index contributed by atoms with van der Waals surface area (Å²) in [5.74, 6) is 1.55. The average molecular weight is 246 g/mol. The molecule has 2 N–H and O–H groups in total. The quantitative estimate of drug-likeness (QED) is 0.610. The normalized spacial score (nSPS) is 10.9. The van der Waals surface area contributed by atoms with Crippen molar-refractivity contribution < 1.29 is 0 Å². The van der Waals surface area contributed by atoms with Crippen LogP contribution in [0.3, 0.4) is 0 Å². The van der Waals surface area contributed by atoms with Crippen LogP contribution in [0.2, 0.25) is 0 Å². The van der Waals surface area contributed by atoms with Gasteiger partial charge >= 0.3 is 0 Å². The Kier molecular flexibility index (Phi) is 5.77. The molecule has 0 spiro atoms. The van der Waals surface area contributed by atoms with Gasteiger partial charge in [-0.25, -0.2) is 0 Å². The lowest BCUT2D eigenvalue weighted by atomic mass is 10.1. The van der Waals surface area contributed by atoms with E-state index < -0.39 is 0 Å². The summed E-state index contributed by atoms with van der Waals surface area (Å²) in [4.78, 5) is 6.03. The standard InChI is InChI=1S/C14H22N4/c1-12(17-14(15-2)18(3)4)16-11-10-13-8-6-5-7-9-13/h5-9,16H,1,10-11H2,2-4H3,(H,15,17). The second kappa shape index (κ2) is 7.37. The van der Waals surface area contributed by atoms with Gasteiger partial charge in [0.1, 0.15) is 0 Å². The number of hydrogen-bond donors (Lipinski definition) is 2. The molecular weight excluding hydrogens is 224 g/mol. The fourth-order valence-corrected chi connectivity index (χ4v) is 1.55. The SMILES string of the molecule is C=C(NCCc1ccccc1)NC(=NC)N(C)C. The van der Waals surface area contributed by atoms with Gasteiger partial charge in [0, 0.05) is 27.7 Å². The van der Waals surface area contributed by atoms with Gasteiger partial charge in [0.15, 0.2) is 5.96 Å². The first-order valence-electron chi connectivity index (χ1n) is 6.01. The van der Waals surface area contributed by atoms with E-state index in [1.807, 2.05) is 25.1 Å². The highest BCUT2D eigenvalue weighted by Crippen LogP contribution is 1.98. The van der Waals surface area contributed by atoms with Crippen molar-refractivity contribution in [2.45, 2.75) is 6.42 Å². The third-order valence-corrected chi connectivity index (χ3v) is 2.49. The molecule has 1 aromatic rings. The van der Waals surface area contributed by atoms with Crippen LogP contribution >= 0.6 is 0 Å². The Balaban J connectivity index is 2.30. The molecule has 4 nitrogen and oxygen atoms in total. The van der Waals surface area contributed by atoms with Crippen molar-refractivity contribution in [3.8, 4) is 0 Å². The Morgan fingerprint density at radius 3 is 2.50 bits per heavy atom. The van der Waals surface area contributed by atoms with Gasteiger partial charge in [0.25, 0.3) is 0 Å². The zero-order valence-corrected chi connectivity index (χ0v) is 11.4. The molecule has 0 saturated heterocycles. The molecule has 0 unspecified atom stereocenters. The molecule has 18 heavy (non-hydrogen) atoms. The molecule has 0 fully saturated rings. The van der Waals surface area contributed by atoms with Gasteiger partial charge in [-0.2, -0.15) is 0 Å². The van der Waals surface area contributed by atoms with E-state index in [4.69, 9.17) is 0 Å². The maximum absolute atomic E-state index is 4.12. The number of nitrogens with zero attached hydrogens (tertiary/aromatic N) is 2. The summed E-state index contributed by atoms with van der Waals surface area (Å²) in [5, 5.41) is 6.36. The third-order valence-electron chi connectivity index (χ3n) is 2.49. The van der Waals surface area contributed by atoms with E-state index in [-0.39, 0.29) is 0 Å². The summed E-state index contributed by atoms with van der Waals surface area (Å²) >= 11 is 0. The minimum atomic E-state index is 0.764. The number of nitrogens with one attached hydrogen (secondary N) is 2. The summed E-state index contributed by atoms with van der Waals surface area (Å²) in [7, 11) is 5.62. The Labute approximate surface area is 109 Å². The first-order valence-corrected chi connectivity index (χ1v) is 6.01. The fourth-order valence-electron chi connectivity index (χ4n) is 1.55. The van der Waals surface area contributed by atoms with Crippen LogP contribution in [0.15, 0.2) is 47.7 Å². The monoisotopic (exact) mass is 246 g/mol. The van der Waals surface area contributed by atoms with Crippen molar-refractivity contribution >= 4 is 5.96 Å². The largest absolute Gasteiger partial charge is 0.372 e. The van der Waals surface area contributed by atoms with Crippen molar-refractivity contribution in [1.82, 2.24) is 15.5 Å². The second-order valence-electron chi connectivity index (χ2n) is 4.21. The van der Waals surface area contributed by atoms with Crippen LogP contribution in [0.4, 0.5) is 0 Å². The Hall–Kier alpha value is -1.97. The molecule has 0 atom stereocenters. The highest BCUT2D eigenvalue weighted by atomic mass is 15.3. The van der Waals surface area contributed by atoms with Gasteiger partial charge in [-0.05, 0) is 12.0 Å². The molecule has 0 aromatic heterocycles. The first-order chi connectivity index (χ1) is 8.63. The molecule has 0 saturated carbocycles. The van der Waals surface area contributed by atoms with Gasteiger partial charge in [-0.15, -0.1) is 0 Å². The van der Waals surface area contributed by atoms with Crippen molar-refractivity contribution in [3.05, 3.63) is 48.3 Å². The Bertz CT molecular complexity index is 396. The minimum Gasteiger partial charge on any atom is -0.372 e. The summed E-state index contributed by atoms with van der Waals surface area (Å²) in [6, 6.07) is 10.4. The van der Waals surface area contributed by atoms with E-state index in [2.05, 4.69) is 46.5 Å². The summed E-state index contributed by atoms with van der Waals surface area (Å²) in [6.07, 6.45) is 0.974. The van der Waals surface area contributed by atoms with E-state index >= 15 is 0 Å². The highest BCUT2D eigenvalue weighted by Gasteiger charge is 2.01. The van der Waals surface area contributed by atoms with Crippen LogP contribution in [0.1, 0.15) is 5.56 Å². The van der Waals surface area contributed by atoms with Gasteiger partial charge in [-0.3, -0.25) is 4.99 Å². The zero-order valence-electron chi connectivity index (χ0n) is 11.4. The Morgan fingerprint density at radius 2 is 1.94 bits per heavy atom. The smallest absolute Gasteiger partial charge is 0.198 e. The van der Waals surface area contributed by atoms with Crippen LogP contribution in [0.5, 0.6) is 0 Å². The zero-order chi connectivity index (χ0) is 13.4. The molecule has 0 aliphatic rings. The number of rotatable bonds is 5. The maximum Gasteiger partial charge on any atom is 0.198 e. The average Bonchev–Trinajstić information content (AvgIpc) is 2.37. The molecule has 98 valence electrons. The van der Waals surface area contributed by atoms with E-state index in [0.29, 0.717) is 0 Å². The molecule has 4 heteroatoms. The molecule has 0 aliphatic carbocycles. The lowest BCUT2D eigenvalue weighted by Gasteiger charge is -2.19. The number of hydrogen-bond acceptors (Lipinski definition) is 2. The van der Waals surface area contributed by atoms with Gasteiger partial charge < -0.3 is 15.5 Å². The van der Waals surface area contributed by atoms with E-state index in [1.54, 1.807) is 7.05 Å². The maximum atomic E-state index is 4.12. The molecule has 0 amide bonds. The summed E-state index contributed by atoms with van der Waals surface area (Å²) in [5.41, 5.74) is 1.31. The van der Waals surface area contributed by atoms with E-state index in [1.165, 1.54) is 5.56 Å². The predicted octanol–water partition coefficient (Wildman–Crippen LogP) is 1.43. The molecule has 1 rings (SSSR count). The van der Waals surface area contributed by atoms with Crippen molar-refractivity contribution in [1.29, 1.82) is 0 Å². The fraction of sp³-hybridized carbons (Fsp3) is 0.357. The highest BCUT2D eigenvalue weighted by molar-refractivity contribution is 5.80. The molecule has 0 heterocycles. The van der Waals surface area contributed by atoms with Crippen LogP contribution < -0.4 is 10.6 Å². The van der Waals surface area contributed by atoms with Crippen molar-refractivity contribution in [3.63, 3.8) is 0 Å². The summed E-state index contributed by atoms with van der Waals surface area (Å²) < 4.78 is 0. The van der Waals surface area contributed by atoms with E-state index in [9.17, 15) is 0 Å². The molecule has 0 radical (unpaired) electrons. The number of benzene rings is 1. The number of aliphatic imine (C=N–C) groups is 1. The van der Waals surface area contributed by atoms with Gasteiger partial charge in [0.2, 0.25) is 0 Å². The lowest BCUT2D eigenvalue weighted by Crippen LogP contribution is -2.39. The first kappa shape index (κ1) is 14.1. The number of guanidine groups is 1. The molecular formula is C14H22N4. The second-order valence-corrected chi connectivity index (χ2v) is 4.21.